The summed E-state index contributed by atoms with van der Waals surface area (Å²) in [5.74, 6) is -2.35. The first-order valence-electron chi connectivity index (χ1n) is 11.3. The summed E-state index contributed by atoms with van der Waals surface area (Å²) in [6, 6.07) is 16.7. The molecule has 0 aromatic heterocycles. The Labute approximate surface area is 208 Å². The minimum absolute atomic E-state index is 0.332. The van der Waals surface area contributed by atoms with Crippen molar-refractivity contribution >= 4 is 23.9 Å². The van der Waals surface area contributed by atoms with E-state index in [0.717, 1.165) is 25.0 Å². The maximum atomic E-state index is 12.0. The zero-order valence-corrected chi connectivity index (χ0v) is 20.4. The minimum atomic E-state index is -1.30. The number of carbonyl (C=O) groups is 4. The molecule has 10 heteroatoms. The molecule has 1 saturated heterocycles. The highest BCUT2D eigenvalue weighted by molar-refractivity contribution is 5.69. The summed E-state index contributed by atoms with van der Waals surface area (Å²) in [4.78, 5) is 47.2. The lowest BCUT2D eigenvalue weighted by atomic mass is 9.98. The molecule has 1 aliphatic rings. The monoisotopic (exact) mass is 500 g/mol. The molecule has 0 saturated carbocycles. The highest BCUT2D eigenvalue weighted by Gasteiger charge is 2.53. The van der Waals surface area contributed by atoms with Gasteiger partial charge in [0.05, 0.1) is 0 Å². The molecule has 3 rings (SSSR count). The van der Waals surface area contributed by atoms with Crippen LogP contribution in [0.25, 0.3) is 11.1 Å². The van der Waals surface area contributed by atoms with E-state index in [1.807, 2.05) is 36.4 Å². The first-order valence-corrected chi connectivity index (χ1v) is 11.3. The van der Waals surface area contributed by atoms with Crippen molar-refractivity contribution < 1.29 is 47.6 Å². The quantitative estimate of drug-likeness (QED) is 0.395. The Balaban J connectivity index is 1.97. The fourth-order valence-corrected chi connectivity index (χ4v) is 3.80. The van der Waals surface area contributed by atoms with Crippen LogP contribution in [0, 0.1) is 0 Å². The largest absolute Gasteiger partial charge is 0.463 e. The van der Waals surface area contributed by atoms with Gasteiger partial charge in [0.25, 0.3) is 0 Å². The van der Waals surface area contributed by atoms with E-state index in [1.165, 1.54) is 13.8 Å². The lowest BCUT2D eigenvalue weighted by molar-refractivity contribution is -0.288. The van der Waals surface area contributed by atoms with E-state index in [9.17, 15) is 19.2 Å². The number of ether oxygens (including phenoxy) is 6. The van der Waals surface area contributed by atoms with E-state index in [2.05, 4.69) is 0 Å². The predicted molar refractivity (Wildman–Crippen MR) is 124 cm³/mol. The number of benzene rings is 2. The van der Waals surface area contributed by atoms with Crippen molar-refractivity contribution in [3.63, 3.8) is 0 Å². The van der Waals surface area contributed by atoms with Gasteiger partial charge in [-0.1, -0.05) is 42.5 Å². The van der Waals surface area contributed by atoms with Gasteiger partial charge in [-0.3, -0.25) is 19.2 Å². The van der Waals surface area contributed by atoms with Crippen LogP contribution in [0.1, 0.15) is 27.7 Å². The maximum Gasteiger partial charge on any atom is 0.303 e. The van der Waals surface area contributed by atoms with Gasteiger partial charge in [-0.25, -0.2) is 0 Å². The Morgan fingerprint density at radius 2 is 1.28 bits per heavy atom. The van der Waals surface area contributed by atoms with Crippen LogP contribution in [0.5, 0.6) is 5.75 Å². The first kappa shape index (κ1) is 26.7. The molecule has 0 amide bonds. The molecule has 0 spiro atoms. The molecule has 0 radical (unpaired) electrons. The smallest absolute Gasteiger partial charge is 0.303 e. The van der Waals surface area contributed by atoms with Crippen molar-refractivity contribution in [1.82, 2.24) is 0 Å². The topological polar surface area (TPSA) is 124 Å². The van der Waals surface area contributed by atoms with Crippen LogP contribution in [0.4, 0.5) is 0 Å². The van der Waals surface area contributed by atoms with Crippen molar-refractivity contribution in [3.8, 4) is 16.9 Å². The fourth-order valence-electron chi connectivity index (χ4n) is 3.80. The van der Waals surface area contributed by atoms with Crippen molar-refractivity contribution in [2.24, 2.45) is 0 Å². The summed E-state index contributed by atoms with van der Waals surface area (Å²) < 4.78 is 33.3. The molecule has 36 heavy (non-hydrogen) atoms. The van der Waals surface area contributed by atoms with Crippen LogP contribution in [0.15, 0.2) is 54.6 Å². The van der Waals surface area contributed by atoms with Gasteiger partial charge >= 0.3 is 23.9 Å². The highest BCUT2D eigenvalue weighted by Crippen LogP contribution is 2.32. The summed E-state index contributed by atoms with van der Waals surface area (Å²) in [6.07, 6.45) is -6.23. The van der Waals surface area contributed by atoms with Crippen molar-refractivity contribution in [3.05, 3.63) is 54.6 Å². The van der Waals surface area contributed by atoms with Gasteiger partial charge in [-0.2, -0.15) is 0 Å². The highest BCUT2D eigenvalue weighted by atomic mass is 16.7. The van der Waals surface area contributed by atoms with Crippen LogP contribution in [0.2, 0.25) is 0 Å². The van der Waals surface area contributed by atoms with E-state index in [-0.39, 0.29) is 6.61 Å². The molecule has 10 nitrogen and oxygen atoms in total. The van der Waals surface area contributed by atoms with Crippen molar-refractivity contribution in [2.75, 3.05) is 6.61 Å². The minimum Gasteiger partial charge on any atom is -0.463 e. The van der Waals surface area contributed by atoms with Crippen LogP contribution < -0.4 is 4.74 Å². The second-order valence-electron chi connectivity index (χ2n) is 8.08. The number of esters is 4. The average molecular weight is 501 g/mol. The Bertz CT molecular complexity index is 1080. The zero-order chi connectivity index (χ0) is 26.2. The van der Waals surface area contributed by atoms with E-state index < -0.39 is 54.6 Å². The zero-order valence-electron chi connectivity index (χ0n) is 20.4. The summed E-state index contributed by atoms with van der Waals surface area (Å²) >= 11 is 0. The maximum absolute atomic E-state index is 12.0. The lowest BCUT2D eigenvalue weighted by Gasteiger charge is -2.43. The molecule has 192 valence electrons. The third-order valence-electron chi connectivity index (χ3n) is 5.14. The van der Waals surface area contributed by atoms with Gasteiger partial charge in [0.2, 0.25) is 12.4 Å². The van der Waals surface area contributed by atoms with Gasteiger partial charge in [0.1, 0.15) is 18.5 Å². The average Bonchev–Trinajstić information content (AvgIpc) is 2.81. The predicted octanol–water partition coefficient (Wildman–Crippen LogP) is 2.82. The molecule has 1 heterocycles. The fraction of sp³-hybridized carbons (Fsp3) is 0.385. The number of hydrogen-bond donors (Lipinski definition) is 0. The van der Waals surface area contributed by atoms with Gasteiger partial charge in [-0.05, 0) is 23.3 Å². The Kier molecular flexibility index (Phi) is 9.02. The molecular formula is C26H28O10. The van der Waals surface area contributed by atoms with Crippen LogP contribution in [-0.4, -0.2) is 61.2 Å². The molecule has 0 N–H and O–H groups in total. The third-order valence-corrected chi connectivity index (χ3v) is 5.14. The molecule has 0 unspecified atom stereocenters. The van der Waals surface area contributed by atoms with Crippen LogP contribution in [0.3, 0.4) is 0 Å². The number of carbonyl (C=O) groups excluding carboxylic acids is 4. The van der Waals surface area contributed by atoms with E-state index >= 15 is 0 Å². The first-order chi connectivity index (χ1) is 17.1. The molecule has 2 aromatic rings. The van der Waals surface area contributed by atoms with Crippen molar-refractivity contribution in [1.29, 1.82) is 0 Å². The van der Waals surface area contributed by atoms with E-state index in [4.69, 9.17) is 28.4 Å². The third kappa shape index (κ3) is 7.29. The van der Waals surface area contributed by atoms with Gasteiger partial charge in [0, 0.05) is 27.7 Å². The normalized spacial score (nSPS) is 23.2. The molecular weight excluding hydrogens is 472 g/mol. The molecule has 0 bridgehead atoms. The summed E-state index contributed by atoms with van der Waals surface area (Å²) in [6.45, 7) is 4.36. The SMILES string of the molecule is CC(=O)OC[C@H]1O[C@H](Oc2cccc(-c3ccccc3)c2)[C@H](OC(C)=O)[C@@H](OC(C)=O)[C@H]1OC(C)=O. The molecule has 2 aromatic carbocycles. The number of rotatable bonds is 8. The molecule has 0 aliphatic carbocycles. The number of hydrogen-bond acceptors (Lipinski definition) is 10. The van der Waals surface area contributed by atoms with Crippen LogP contribution >= 0.6 is 0 Å². The van der Waals surface area contributed by atoms with Gasteiger partial charge in [0.15, 0.2) is 12.2 Å². The summed E-state index contributed by atoms with van der Waals surface area (Å²) in [7, 11) is 0. The second-order valence-corrected chi connectivity index (χ2v) is 8.08. The Morgan fingerprint density at radius 1 is 0.694 bits per heavy atom. The van der Waals surface area contributed by atoms with Gasteiger partial charge < -0.3 is 28.4 Å². The molecule has 1 fully saturated rings. The van der Waals surface area contributed by atoms with E-state index in [0.29, 0.717) is 5.75 Å². The molecule has 1 aliphatic heterocycles. The Morgan fingerprint density at radius 3 is 1.89 bits per heavy atom. The van der Waals surface area contributed by atoms with Crippen LogP contribution in [-0.2, 0) is 42.9 Å². The Hall–Kier alpha value is -3.92. The van der Waals surface area contributed by atoms with Crippen molar-refractivity contribution in [2.45, 2.75) is 58.4 Å². The summed E-state index contributed by atoms with van der Waals surface area (Å²) in [5, 5.41) is 0. The lowest BCUT2D eigenvalue weighted by Crippen LogP contribution is -2.63. The summed E-state index contributed by atoms with van der Waals surface area (Å²) in [5.41, 5.74) is 1.81. The van der Waals surface area contributed by atoms with E-state index in [1.54, 1.807) is 18.2 Å². The second kappa shape index (κ2) is 12.2. The molecule has 5 atom stereocenters. The standard InChI is InChI=1S/C26H28O10/c1-15(27)31-14-22-23(32-16(2)28)24(33-17(3)29)25(34-18(4)30)26(36-22)35-21-12-8-11-20(13-21)19-9-6-5-7-10-19/h5-13,22-26H,14H2,1-4H3/t22-,23+,24+,25-,26+/m1/s1. The van der Waals surface area contributed by atoms with Gasteiger partial charge in [-0.15, -0.1) is 0 Å².